The Balaban J connectivity index is 1.60. The SMILES string of the molecule is [2H]c1c([2H])c([2H])c(-c2cc3c(cc2-c2c4ccccc4c(-c4c([2H])c([2H])c([2H])c([2H])c4[2H])c4ccccc24)oc2ccccc23)c([2H])c1[2H]. The first-order chi connectivity index (χ1) is 23.5. The lowest BCUT2D eigenvalue weighted by Gasteiger charge is -2.19. The predicted octanol–water partition coefficient (Wildman–Crippen LogP) is 10.9. The summed E-state index contributed by atoms with van der Waals surface area (Å²) in [5.74, 6) is 0. The Morgan fingerprint density at radius 3 is 1.54 bits per heavy atom. The summed E-state index contributed by atoms with van der Waals surface area (Å²) >= 11 is 0. The van der Waals surface area contributed by atoms with Crippen LogP contribution < -0.4 is 0 Å². The zero-order chi connectivity index (χ0) is 34.5. The van der Waals surface area contributed by atoms with Gasteiger partial charge in [0, 0.05) is 10.8 Å². The molecule has 0 N–H and O–H groups in total. The van der Waals surface area contributed by atoms with Crippen LogP contribution in [-0.4, -0.2) is 0 Å². The highest BCUT2D eigenvalue weighted by atomic mass is 16.3. The number of fused-ring (bicyclic) bond motifs is 5. The van der Waals surface area contributed by atoms with Crippen molar-refractivity contribution in [1.82, 2.24) is 0 Å². The Morgan fingerprint density at radius 2 is 0.923 bits per heavy atom. The molecule has 39 heavy (non-hydrogen) atoms. The van der Waals surface area contributed by atoms with Crippen molar-refractivity contribution in [2.45, 2.75) is 0 Å². The van der Waals surface area contributed by atoms with Crippen LogP contribution in [0.1, 0.15) is 13.7 Å². The summed E-state index contributed by atoms with van der Waals surface area (Å²) in [7, 11) is 0. The Kier molecular flexibility index (Phi) is 3.16. The second-order valence-electron chi connectivity index (χ2n) is 9.33. The highest BCUT2D eigenvalue weighted by Gasteiger charge is 2.20. The Morgan fingerprint density at radius 1 is 0.410 bits per heavy atom. The normalized spacial score (nSPS) is 15.2. The number of benzene rings is 7. The molecule has 0 aliphatic heterocycles. The van der Waals surface area contributed by atoms with Crippen molar-refractivity contribution in [3.8, 4) is 33.4 Å². The molecule has 0 saturated heterocycles. The van der Waals surface area contributed by atoms with E-state index in [0.29, 0.717) is 60.4 Å². The molecule has 8 aromatic rings. The van der Waals surface area contributed by atoms with Gasteiger partial charge in [-0.1, -0.05) is 127 Å². The van der Waals surface area contributed by atoms with Crippen LogP contribution in [0.15, 0.2) is 150 Å². The topological polar surface area (TPSA) is 13.1 Å². The van der Waals surface area contributed by atoms with E-state index in [1.807, 2.05) is 84.9 Å². The third-order valence-electron chi connectivity index (χ3n) is 7.24. The molecule has 182 valence electrons. The molecule has 0 atom stereocenters. The van der Waals surface area contributed by atoms with Gasteiger partial charge in [0.1, 0.15) is 11.2 Å². The molecule has 0 saturated carbocycles. The summed E-state index contributed by atoms with van der Waals surface area (Å²) in [6.07, 6.45) is 0. The standard InChI is InChI=1S/C38H24O/c1-3-13-25(14-4-1)32-23-33-27-17-11-12-22-35(27)39-36(33)24-34(32)38-30-20-9-7-18-28(30)37(26-15-5-2-6-16-26)29-19-8-10-21-31(29)38/h1-24H/i1D,2D,3D,4D,5D,6D,13D,14D,15D,16D. The molecule has 0 bridgehead atoms. The van der Waals surface area contributed by atoms with E-state index >= 15 is 0 Å². The number of para-hydroxylation sites is 1. The van der Waals surface area contributed by atoms with E-state index in [-0.39, 0.29) is 35.3 Å². The molecule has 1 heterocycles. The van der Waals surface area contributed by atoms with Crippen molar-refractivity contribution in [2.75, 3.05) is 0 Å². The van der Waals surface area contributed by atoms with Gasteiger partial charge in [-0.15, -0.1) is 0 Å². The minimum atomic E-state index is -0.492. The van der Waals surface area contributed by atoms with Crippen molar-refractivity contribution in [3.05, 3.63) is 145 Å². The van der Waals surface area contributed by atoms with E-state index in [0.717, 1.165) is 5.39 Å². The van der Waals surface area contributed by atoms with Crippen LogP contribution in [0.2, 0.25) is 0 Å². The first-order valence-electron chi connectivity index (χ1n) is 17.5. The van der Waals surface area contributed by atoms with Gasteiger partial charge < -0.3 is 4.42 Å². The smallest absolute Gasteiger partial charge is 0.136 e. The van der Waals surface area contributed by atoms with E-state index in [9.17, 15) is 0 Å². The average molecular weight is 507 g/mol. The molecule has 7 aromatic carbocycles. The lowest BCUT2D eigenvalue weighted by molar-refractivity contribution is 0.669. The van der Waals surface area contributed by atoms with E-state index in [1.54, 1.807) is 0 Å². The van der Waals surface area contributed by atoms with Crippen molar-refractivity contribution >= 4 is 43.5 Å². The maximum absolute atomic E-state index is 8.95. The van der Waals surface area contributed by atoms with E-state index < -0.39 is 36.3 Å². The Labute approximate surface area is 240 Å². The molecule has 1 nitrogen and oxygen atoms in total. The lowest BCUT2D eigenvalue weighted by Crippen LogP contribution is -1.93. The van der Waals surface area contributed by atoms with Crippen LogP contribution in [-0.2, 0) is 0 Å². The number of hydrogen-bond donors (Lipinski definition) is 0. The molecule has 0 aliphatic carbocycles. The second kappa shape index (κ2) is 8.72. The molecule has 0 fully saturated rings. The van der Waals surface area contributed by atoms with Gasteiger partial charge in [0.25, 0.3) is 0 Å². The first-order valence-corrected chi connectivity index (χ1v) is 12.5. The largest absolute Gasteiger partial charge is 0.456 e. The number of furan rings is 1. The van der Waals surface area contributed by atoms with Crippen molar-refractivity contribution in [3.63, 3.8) is 0 Å². The van der Waals surface area contributed by atoms with Gasteiger partial charge in [0.2, 0.25) is 0 Å². The number of hydrogen-bond acceptors (Lipinski definition) is 1. The quantitative estimate of drug-likeness (QED) is 0.217. The van der Waals surface area contributed by atoms with Gasteiger partial charge in [-0.05, 0) is 73.1 Å². The summed E-state index contributed by atoms with van der Waals surface area (Å²) < 4.78 is 92.2. The second-order valence-corrected chi connectivity index (χ2v) is 9.33. The maximum atomic E-state index is 8.95. The lowest BCUT2D eigenvalue weighted by atomic mass is 9.83. The van der Waals surface area contributed by atoms with Gasteiger partial charge in [-0.2, -0.15) is 0 Å². The van der Waals surface area contributed by atoms with Crippen molar-refractivity contribution in [2.24, 2.45) is 0 Å². The molecule has 0 unspecified atom stereocenters. The number of rotatable bonds is 3. The van der Waals surface area contributed by atoms with Crippen LogP contribution in [0, 0.1) is 0 Å². The van der Waals surface area contributed by atoms with Crippen LogP contribution in [0.5, 0.6) is 0 Å². The Bertz CT molecular complexity index is 2620. The summed E-state index contributed by atoms with van der Waals surface area (Å²) in [5.41, 5.74) is 3.38. The van der Waals surface area contributed by atoms with Gasteiger partial charge in [-0.25, -0.2) is 0 Å². The fourth-order valence-electron chi connectivity index (χ4n) is 5.63. The predicted molar refractivity (Wildman–Crippen MR) is 165 cm³/mol. The molecular formula is C38H24O. The van der Waals surface area contributed by atoms with E-state index in [2.05, 4.69) is 0 Å². The van der Waals surface area contributed by atoms with Crippen molar-refractivity contribution < 1.29 is 18.1 Å². The third kappa shape index (κ3) is 3.41. The van der Waals surface area contributed by atoms with Crippen molar-refractivity contribution in [1.29, 1.82) is 0 Å². The van der Waals surface area contributed by atoms with Crippen LogP contribution in [0.25, 0.3) is 76.9 Å². The van der Waals surface area contributed by atoms with Crippen LogP contribution in [0.4, 0.5) is 0 Å². The zero-order valence-corrected chi connectivity index (χ0v) is 20.5. The van der Waals surface area contributed by atoms with Gasteiger partial charge in [0.05, 0.1) is 13.7 Å². The molecule has 0 amide bonds. The Hall–Kier alpha value is -5.14. The molecule has 0 aliphatic rings. The van der Waals surface area contributed by atoms with Crippen LogP contribution >= 0.6 is 0 Å². The molecular weight excluding hydrogens is 472 g/mol. The fourth-order valence-corrected chi connectivity index (χ4v) is 5.63. The van der Waals surface area contributed by atoms with Gasteiger partial charge in [-0.3, -0.25) is 0 Å². The average Bonchev–Trinajstić information content (AvgIpc) is 3.48. The summed E-state index contributed by atoms with van der Waals surface area (Å²) in [5, 5.41) is 4.10. The summed E-state index contributed by atoms with van der Waals surface area (Å²) in [6.45, 7) is 0. The fraction of sp³-hybridized carbons (Fsp3) is 0. The first kappa shape index (κ1) is 14.1. The monoisotopic (exact) mass is 506 g/mol. The molecule has 0 radical (unpaired) electrons. The van der Waals surface area contributed by atoms with Gasteiger partial charge in [0.15, 0.2) is 0 Å². The minimum Gasteiger partial charge on any atom is -0.456 e. The minimum absolute atomic E-state index is 0.0380. The third-order valence-corrected chi connectivity index (χ3v) is 7.24. The molecule has 1 aromatic heterocycles. The summed E-state index contributed by atoms with van der Waals surface area (Å²) in [6, 6.07) is 21.8. The van der Waals surface area contributed by atoms with E-state index in [1.165, 1.54) is 0 Å². The molecule has 8 rings (SSSR count). The molecule has 1 heteroatoms. The van der Waals surface area contributed by atoms with Gasteiger partial charge >= 0.3 is 0 Å². The highest BCUT2D eigenvalue weighted by molar-refractivity contribution is 6.23. The van der Waals surface area contributed by atoms with Crippen LogP contribution in [0.3, 0.4) is 0 Å². The maximum Gasteiger partial charge on any atom is 0.136 e. The highest BCUT2D eigenvalue weighted by Crippen LogP contribution is 2.47. The zero-order valence-electron chi connectivity index (χ0n) is 30.5. The molecule has 0 spiro atoms. The summed E-state index contributed by atoms with van der Waals surface area (Å²) in [4.78, 5) is 0. The van der Waals surface area contributed by atoms with E-state index in [4.69, 9.17) is 18.1 Å².